The van der Waals surface area contributed by atoms with E-state index in [1.54, 1.807) is 29.1 Å². The van der Waals surface area contributed by atoms with Crippen LogP contribution >= 0.6 is 11.3 Å². The molecule has 0 radical (unpaired) electrons. The minimum absolute atomic E-state index is 0.101. The third-order valence-corrected chi connectivity index (χ3v) is 7.91. The van der Waals surface area contributed by atoms with Gasteiger partial charge < -0.3 is 9.30 Å². The maximum Gasteiger partial charge on any atom is 0.306 e. The number of imidazole rings is 1. The number of nitrogens with zero attached hydrogens (tertiary/aromatic N) is 6. The molecule has 0 N–H and O–H groups in total. The highest BCUT2D eigenvalue weighted by molar-refractivity contribution is 7.89. The van der Waals surface area contributed by atoms with Crippen molar-refractivity contribution < 1.29 is 17.9 Å². The Kier molecular flexibility index (Phi) is 6.32. The molecule has 0 atom stereocenters. The molecule has 0 aliphatic carbocycles. The molecule has 174 valence electrons. The molecule has 4 aromatic rings. The number of sulfonamides is 1. The summed E-state index contributed by atoms with van der Waals surface area (Å²) in [5.41, 5.74) is 2.96. The van der Waals surface area contributed by atoms with Crippen LogP contribution in [0.2, 0.25) is 0 Å². The number of benzene rings is 1. The van der Waals surface area contributed by atoms with E-state index in [4.69, 9.17) is 4.74 Å². The van der Waals surface area contributed by atoms with Crippen LogP contribution in [0.25, 0.3) is 21.6 Å². The van der Waals surface area contributed by atoms with Gasteiger partial charge in [0.2, 0.25) is 10.0 Å². The lowest BCUT2D eigenvalue weighted by molar-refractivity contribution is -0.145. The summed E-state index contributed by atoms with van der Waals surface area (Å²) in [5, 5.41) is 6.82. The number of carbonyl (C=O) groups excluding carboxylic acids is 1. The van der Waals surface area contributed by atoms with Crippen molar-refractivity contribution in [3.8, 4) is 10.6 Å². The topological polar surface area (TPSA) is 112 Å². The Morgan fingerprint density at radius 2 is 2.00 bits per heavy atom. The SMILES string of the molecule is CN(C)S(=O)(=O)c1ccc2c(c1)nc(CCC(=O)OCc1csc(-c3cnn(C)c3)n1)n2C. The van der Waals surface area contributed by atoms with Gasteiger partial charge in [0.15, 0.2) is 0 Å². The maximum absolute atomic E-state index is 12.4. The van der Waals surface area contributed by atoms with Gasteiger partial charge in [0.05, 0.1) is 34.2 Å². The number of rotatable bonds is 8. The summed E-state index contributed by atoms with van der Waals surface area (Å²) in [5.74, 6) is 0.322. The third-order valence-electron chi connectivity index (χ3n) is 5.16. The smallest absolute Gasteiger partial charge is 0.306 e. The van der Waals surface area contributed by atoms with Gasteiger partial charge in [-0.25, -0.2) is 22.7 Å². The van der Waals surface area contributed by atoms with Gasteiger partial charge in [-0.15, -0.1) is 11.3 Å². The van der Waals surface area contributed by atoms with Crippen molar-refractivity contribution in [1.82, 2.24) is 28.6 Å². The molecule has 3 aromatic heterocycles. The molecule has 4 rings (SSSR count). The Balaban J connectivity index is 1.37. The fourth-order valence-electron chi connectivity index (χ4n) is 3.30. The summed E-state index contributed by atoms with van der Waals surface area (Å²) in [4.78, 5) is 21.5. The first-order valence-corrected chi connectivity index (χ1v) is 12.4. The highest BCUT2D eigenvalue weighted by Gasteiger charge is 2.19. The van der Waals surface area contributed by atoms with E-state index in [0.29, 0.717) is 23.5 Å². The third kappa shape index (κ3) is 4.82. The molecule has 0 amide bonds. The summed E-state index contributed by atoms with van der Waals surface area (Å²) in [6.45, 7) is 0.101. The number of aromatic nitrogens is 5. The van der Waals surface area contributed by atoms with Crippen LogP contribution in [0.1, 0.15) is 17.9 Å². The summed E-state index contributed by atoms with van der Waals surface area (Å²) >= 11 is 1.47. The quantitative estimate of drug-likeness (QED) is 0.350. The second kappa shape index (κ2) is 9.04. The van der Waals surface area contributed by atoms with Crippen LogP contribution in [0.15, 0.2) is 40.9 Å². The molecule has 0 unspecified atom stereocenters. The van der Waals surface area contributed by atoms with E-state index in [0.717, 1.165) is 20.4 Å². The molecule has 33 heavy (non-hydrogen) atoms. The van der Waals surface area contributed by atoms with Crippen LogP contribution in [-0.2, 0) is 46.7 Å². The van der Waals surface area contributed by atoms with Crippen LogP contribution in [0.5, 0.6) is 0 Å². The standard InChI is InChI=1S/C21H24N6O4S2/c1-25(2)33(29,30)16-5-6-18-17(9-16)24-19(27(18)4)7-8-20(28)31-12-15-13-32-21(23-15)14-10-22-26(3)11-14/h5-6,9-11,13H,7-8,12H2,1-4H3. The van der Waals surface area contributed by atoms with Gasteiger partial charge in [0.25, 0.3) is 0 Å². The molecule has 0 aliphatic heterocycles. The predicted molar refractivity (Wildman–Crippen MR) is 124 cm³/mol. The van der Waals surface area contributed by atoms with Crippen molar-refractivity contribution in [2.24, 2.45) is 14.1 Å². The van der Waals surface area contributed by atoms with Crippen LogP contribution in [-0.4, -0.2) is 57.1 Å². The molecular formula is C21H24N6O4S2. The van der Waals surface area contributed by atoms with Crippen molar-refractivity contribution in [3.63, 3.8) is 0 Å². The average Bonchev–Trinajstić information content (AvgIpc) is 3.49. The van der Waals surface area contributed by atoms with Gasteiger partial charge in [-0.05, 0) is 18.2 Å². The number of carbonyl (C=O) groups is 1. The predicted octanol–water partition coefficient (Wildman–Crippen LogP) is 2.36. The Hall–Kier alpha value is -3.09. The molecule has 0 aliphatic rings. The zero-order chi connectivity index (χ0) is 23.8. The van der Waals surface area contributed by atoms with Gasteiger partial charge in [-0.2, -0.15) is 5.10 Å². The summed E-state index contributed by atoms with van der Waals surface area (Å²) in [6, 6.07) is 4.84. The van der Waals surface area contributed by atoms with E-state index in [-0.39, 0.29) is 23.9 Å². The molecule has 0 saturated heterocycles. The van der Waals surface area contributed by atoms with E-state index >= 15 is 0 Å². The number of fused-ring (bicyclic) bond motifs is 1. The van der Waals surface area contributed by atoms with Crippen molar-refractivity contribution in [2.75, 3.05) is 14.1 Å². The number of aryl methyl sites for hydroxylation is 3. The minimum Gasteiger partial charge on any atom is -0.459 e. The Morgan fingerprint density at radius 1 is 1.21 bits per heavy atom. The second-order valence-electron chi connectivity index (χ2n) is 7.73. The number of hydrogen-bond acceptors (Lipinski definition) is 8. The zero-order valence-electron chi connectivity index (χ0n) is 18.7. The summed E-state index contributed by atoms with van der Waals surface area (Å²) in [7, 11) is 3.11. The van der Waals surface area contributed by atoms with Crippen LogP contribution in [0.4, 0.5) is 0 Å². The Labute approximate surface area is 195 Å². The first kappa shape index (κ1) is 23.1. The van der Waals surface area contributed by atoms with Gasteiger partial charge >= 0.3 is 5.97 Å². The maximum atomic E-state index is 12.4. The van der Waals surface area contributed by atoms with E-state index in [1.807, 2.05) is 30.2 Å². The van der Waals surface area contributed by atoms with Crippen molar-refractivity contribution in [2.45, 2.75) is 24.3 Å². The largest absolute Gasteiger partial charge is 0.459 e. The van der Waals surface area contributed by atoms with Gasteiger partial charge in [0.1, 0.15) is 17.4 Å². The number of esters is 1. The lowest BCUT2D eigenvalue weighted by Crippen LogP contribution is -2.22. The van der Waals surface area contributed by atoms with Crippen molar-refractivity contribution >= 4 is 38.4 Å². The summed E-state index contributed by atoms with van der Waals surface area (Å²) < 4.78 is 34.9. The molecule has 0 bridgehead atoms. The van der Waals surface area contributed by atoms with E-state index in [9.17, 15) is 13.2 Å². The first-order chi connectivity index (χ1) is 15.6. The van der Waals surface area contributed by atoms with Crippen LogP contribution in [0, 0.1) is 0 Å². The van der Waals surface area contributed by atoms with E-state index in [1.165, 1.54) is 25.4 Å². The lowest BCUT2D eigenvalue weighted by atomic mass is 10.3. The fourth-order valence-corrected chi connectivity index (χ4v) is 5.00. The highest BCUT2D eigenvalue weighted by Crippen LogP contribution is 2.24. The second-order valence-corrected chi connectivity index (χ2v) is 10.7. The average molecular weight is 489 g/mol. The van der Waals surface area contributed by atoms with Crippen molar-refractivity contribution in [3.05, 3.63) is 47.5 Å². The Morgan fingerprint density at radius 3 is 2.70 bits per heavy atom. The molecule has 10 nitrogen and oxygen atoms in total. The molecule has 3 heterocycles. The van der Waals surface area contributed by atoms with E-state index < -0.39 is 10.0 Å². The van der Waals surface area contributed by atoms with Gasteiger partial charge in [-0.3, -0.25) is 9.48 Å². The van der Waals surface area contributed by atoms with Crippen molar-refractivity contribution in [1.29, 1.82) is 0 Å². The van der Waals surface area contributed by atoms with E-state index in [2.05, 4.69) is 15.1 Å². The van der Waals surface area contributed by atoms with Gasteiger partial charge in [0, 0.05) is 51.8 Å². The zero-order valence-corrected chi connectivity index (χ0v) is 20.4. The number of thiazole rings is 1. The first-order valence-electron chi connectivity index (χ1n) is 10.1. The Bertz CT molecular complexity index is 1420. The minimum atomic E-state index is -3.55. The van der Waals surface area contributed by atoms with Crippen LogP contribution in [0.3, 0.4) is 0 Å². The number of hydrogen-bond donors (Lipinski definition) is 0. The normalized spacial score (nSPS) is 12.0. The molecular weight excluding hydrogens is 464 g/mol. The fraction of sp³-hybridized carbons (Fsp3) is 0.333. The molecule has 0 spiro atoms. The highest BCUT2D eigenvalue weighted by atomic mass is 32.2. The summed E-state index contributed by atoms with van der Waals surface area (Å²) in [6.07, 6.45) is 4.14. The monoisotopic (exact) mass is 488 g/mol. The lowest BCUT2D eigenvalue weighted by Gasteiger charge is -2.10. The van der Waals surface area contributed by atoms with Gasteiger partial charge in [-0.1, -0.05) is 0 Å². The number of ether oxygens (including phenoxy) is 1. The van der Waals surface area contributed by atoms with Crippen LogP contribution < -0.4 is 0 Å². The molecule has 0 saturated carbocycles. The molecule has 12 heteroatoms. The molecule has 1 aromatic carbocycles. The molecule has 0 fully saturated rings.